The molecule has 8 nitrogen and oxygen atoms in total. The topological polar surface area (TPSA) is 95.5 Å². The second-order valence-corrected chi connectivity index (χ2v) is 9.80. The molecule has 0 bridgehead atoms. The first-order valence-corrected chi connectivity index (χ1v) is 12.6. The highest BCUT2D eigenvalue weighted by molar-refractivity contribution is 7.12. The number of nitrogens with zero attached hydrogens (tertiary/aromatic N) is 3. The predicted octanol–water partition coefficient (Wildman–Crippen LogP) is 2.26. The summed E-state index contributed by atoms with van der Waals surface area (Å²) in [5.74, 6) is -1.13. The molecule has 0 saturated carbocycles. The molecule has 1 N–H and O–H groups in total. The highest BCUT2D eigenvalue weighted by atomic mass is 32.1. The summed E-state index contributed by atoms with van der Waals surface area (Å²) >= 11 is 1.38. The van der Waals surface area contributed by atoms with Crippen molar-refractivity contribution < 1.29 is 14.0 Å². The largest absolute Gasteiger partial charge is 0.335 e. The normalized spacial score (nSPS) is 15.7. The van der Waals surface area contributed by atoms with Crippen molar-refractivity contribution in [1.29, 1.82) is 0 Å². The Balaban J connectivity index is 1.33. The Morgan fingerprint density at radius 2 is 1.69 bits per heavy atom. The number of fused-ring (bicyclic) bond motifs is 1. The van der Waals surface area contributed by atoms with Gasteiger partial charge in [-0.3, -0.25) is 23.9 Å². The van der Waals surface area contributed by atoms with E-state index in [0.717, 1.165) is 12.8 Å². The summed E-state index contributed by atoms with van der Waals surface area (Å²) in [6.07, 6.45) is 3.05. The molecule has 35 heavy (non-hydrogen) atoms. The van der Waals surface area contributed by atoms with E-state index in [1.54, 1.807) is 21.9 Å². The van der Waals surface area contributed by atoms with Crippen molar-refractivity contribution >= 4 is 23.2 Å². The van der Waals surface area contributed by atoms with Crippen LogP contribution in [0, 0.1) is 5.82 Å². The molecule has 2 aliphatic rings. The van der Waals surface area contributed by atoms with Crippen LogP contribution in [0.4, 0.5) is 4.39 Å². The van der Waals surface area contributed by atoms with E-state index in [2.05, 4.69) is 4.98 Å². The van der Waals surface area contributed by atoms with E-state index in [-0.39, 0.29) is 23.6 Å². The second kappa shape index (κ2) is 9.61. The molecule has 3 heterocycles. The van der Waals surface area contributed by atoms with Gasteiger partial charge in [0.25, 0.3) is 17.4 Å². The minimum atomic E-state index is -0.633. The highest BCUT2D eigenvalue weighted by Crippen LogP contribution is 2.20. The molecule has 1 aromatic carbocycles. The zero-order valence-electron chi connectivity index (χ0n) is 19.1. The average molecular weight is 497 g/mol. The zero-order valence-corrected chi connectivity index (χ0v) is 19.9. The molecule has 0 unspecified atom stereocenters. The molecule has 182 valence electrons. The summed E-state index contributed by atoms with van der Waals surface area (Å²) in [4.78, 5) is 56.7. The van der Waals surface area contributed by atoms with E-state index in [1.165, 1.54) is 28.0 Å². The maximum absolute atomic E-state index is 14.7. The van der Waals surface area contributed by atoms with Gasteiger partial charge in [0, 0.05) is 37.4 Å². The van der Waals surface area contributed by atoms with E-state index >= 15 is 0 Å². The molecule has 1 aliphatic carbocycles. The van der Waals surface area contributed by atoms with Gasteiger partial charge >= 0.3 is 5.69 Å². The van der Waals surface area contributed by atoms with Gasteiger partial charge in [-0.15, -0.1) is 11.3 Å². The van der Waals surface area contributed by atoms with Crippen LogP contribution in [0.15, 0.2) is 45.3 Å². The Morgan fingerprint density at radius 3 is 2.40 bits per heavy atom. The molecule has 3 aromatic rings. The van der Waals surface area contributed by atoms with Gasteiger partial charge in [0.1, 0.15) is 5.82 Å². The fraction of sp³-hybridized carbons (Fsp3) is 0.360. The number of hydrogen-bond donors (Lipinski definition) is 1. The molecule has 0 spiro atoms. The summed E-state index contributed by atoms with van der Waals surface area (Å²) in [6.45, 7) is 1.52. The first-order chi connectivity index (χ1) is 16.9. The van der Waals surface area contributed by atoms with Crippen LogP contribution in [0.3, 0.4) is 0 Å². The Hall–Kier alpha value is -3.53. The quantitative estimate of drug-likeness (QED) is 0.600. The molecule has 1 saturated heterocycles. The predicted molar refractivity (Wildman–Crippen MR) is 130 cm³/mol. The molecular weight excluding hydrogens is 471 g/mol. The minimum absolute atomic E-state index is 0.0602. The molecule has 2 aromatic heterocycles. The van der Waals surface area contributed by atoms with Crippen LogP contribution in [0.25, 0.3) is 0 Å². The number of H-pyrrole nitrogens is 1. The SMILES string of the molecule is O=C(c1cccs1)N1CCN(C(=O)c2cc(Cn3c4c(c(=O)[nH]c3=O)CCCC4)ccc2F)CC1. The molecule has 0 atom stereocenters. The number of benzene rings is 1. The van der Waals surface area contributed by atoms with Crippen LogP contribution < -0.4 is 11.2 Å². The van der Waals surface area contributed by atoms with Gasteiger partial charge in [0.15, 0.2) is 0 Å². The summed E-state index contributed by atoms with van der Waals surface area (Å²) in [6, 6.07) is 7.87. The zero-order chi connectivity index (χ0) is 24.5. The number of nitrogens with one attached hydrogen (secondary N) is 1. The number of thiophene rings is 1. The Kier molecular flexibility index (Phi) is 6.38. The smallest absolute Gasteiger partial charge is 0.328 e. The van der Waals surface area contributed by atoms with E-state index in [0.29, 0.717) is 60.7 Å². The van der Waals surface area contributed by atoms with E-state index in [4.69, 9.17) is 0 Å². The molecule has 2 amide bonds. The third-order valence-electron chi connectivity index (χ3n) is 6.69. The van der Waals surface area contributed by atoms with Crippen LogP contribution in [0.2, 0.25) is 0 Å². The van der Waals surface area contributed by atoms with Crippen LogP contribution in [-0.4, -0.2) is 57.3 Å². The second-order valence-electron chi connectivity index (χ2n) is 8.85. The van der Waals surface area contributed by atoms with Crippen LogP contribution in [0.1, 0.15) is 49.7 Å². The van der Waals surface area contributed by atoms with Crippen molar-refractivity contribution in [2.45, 2.75) is 32.2 Å². The third-order valence-corrected chi connectivity index (χ3v) is 7.55. The monoisotopic (exact) mass is 496 g/mol. The van der Waals surface area contributed by atoms with Crippen molar-refractivity contribution in [3.63, 3.8) is 0 Å². The lowest BCUT2D eigenvalue weighted by molar-refractivity contribution is 0.0535. The van der Waals surface area contributed by atoms with Crippen LogP contribution in [-0.2, 0) is 19.4 Å². The van der Waals surface area contributed by atoms with E-state index in [1.807, 2.05) is 11.4 Å². The highest BCUT2D eigenvalue weighted by Gasteiger charge is 2.27. The fourth-order valence-corrected chi connectivity index (χ4v) is 5.51. The molecule has 10 heteroatoms. The number of hydrogen-bond acceptors (Lipinski definition) is 5. The molecule has 1 aliphatic heterocycles. The van der Waals surface area contributed by atoms with Gasteiger partial charge in [-0.1, -0.05) is 12.1 Å². The molecule has 5 rings (SSSR count). The van der Waals surface area contributed by atoms with Crippen LogP contribution >= 0.6 is 11.3 Å². The first-order valence-electron chi connectivity index (χ1n) is 11.7. The van der Waals surface area contributed by atoms with Crippen molar-refractivity contribution in [3.8, 4) is 0 Å². The van der Waals surface area contributed by atoms with Crippen LogP contribution in [0.5, 0.6) is 0 Å². The lowest BCUT2D eigenvalue weighted by Crippen LogP contribution is -2.50. The van der Waals surface area contributed by atoms with Crippen molar-refractivity contribution in [1.82, 2.24) is 19.4 Å². The number of aromatic amines is 1. The molecule has 0 radical (unpaired) electrons. The standard InChI is InChI=1S/C25H25FN4O4S/c26-19-8-7-16(15-30-20-5-2-1-4-17(20)22(31)27-25(30)34)14-18(19)23(32)28-9-11-29(12-10-28)24(33)21-6-3-13-35-21/h3,6-8,13-14H,1-2,4-5,9-12,15H2,(H,27,31,34). The van der Waals surface area contributed by atoms with Gasteiger partial charge in [0.05, 0.1) is 17.0 Å². The van der Waals surface area contributed by atoms with Gasteiger partial charge in [0.2, 0.25) is 0 Å². The number of piperazine rings is 1. The summed E-state index contributed by atoms with van der Waals surface area (Å²) in [5.41, 5.74) is 1.04. The Labute approximate surface area is 204 Å². The number of rotatable bonds is 4. The summed E-state index contributed by atoms with van der Waals surface area (Å²) in [5, 5.41) is 1.85. The first kappa shape index (κ1) is 23.2. The van der Waals surface area contributed by atoms with Gasteiger partial charge in [-0.05, 0) is 54.8 Å². The number of aromatic nitrogens is 2. The molecular formula is C25H25FN4O4S. The van der Waals surface area contributed by atoms with E-state index < -0.39 is 17.4 Å². The van der Waals surface area contributed by atoms with Gasteiger partial charge in [-0.2, -0.15) is 0 Å². The Bertz CT molecular complexity index is 1390. The van der Waals surface area contributed by atoms with Crippen molar-refractivity contribution in [2.75, 3.05) is 26.2 Å². The van der Waals surface area contributed by atoms with Crippen molar-refractivity contribution in [3.05, 3.63) is 89.6 Å². The third kappa shape index (κ3) is 4.58. The fourth-order valence-electron chi connectivity index (χ4n) is 4.82. The van der Waals surface area contributed by atoms with Gasteiger partial charge < -0.3 is 9.80 Å². The van der Waals surface area contributed by atoms with E-state index in [9.17, 15) is 23.6 Å². The Morgan fingerprint density at radius 1 is 0.971 bits per heavy atom. The lowest BCUT2D eigenvalue weighted by atomic mass is 9.96. The number of halogens is 1. The number of carbonyl (C=O) groups excluding carboxylic acids is 2. The maximum Gasteiger partial charge on any atom is 0.328 e. The summed E-state index contributed by atoms with van der Waals surface area (Å²) in [7, 11) is 0. The van der Waals surface area contributed by atoms with Crippen molar-refractivity contribution in [2.24, 2.45) is 0 Å². The minimum Gasteiger partial charge on any atom is -0.335 e. The summed E-state index contributed by atoms with van der Waals surface area (Å²) < 4.78 is 16.2. The lowest BCUT2D eigenvalue weighted by Gasteiger charge is -2.34. The molecule has 1 fully saturated rings. The number of amides is 2. The van der Waals surface area contributed by atoms with Gasteiger partial charge in [-0.25, -0.2) is 9.18 Å². The number of carbonyl (C=O) groups is 2. The average Bonchev–Trinajstić information content (AvgIpc) is 3.42. The maximum atomic E-state index is 14.7.